The van der Waals surface area contributed by atoms with E-state index in [2.05, 4.69) is 95.2 Å². The molecule has 9 heteroatoms. The third-order valence-corrected chi connectivity index (χ3v) is 10.2. The number of benzene rings is 5. The fourth-order valence-corrected chi connectivity index (χ4v) is 7.40. The normalized spacial score (nSPS) is 12.7. The average Bonchev–Trinajstić information content (AvgIpc) is 3.92. The minimum atomic E-state index is -0.927. The summed E-state index contributed by atoms with van der Waals surface area (Å²) in [4.78, 5) is 26.0. The minimum Gasteiger partial charge on any atom is -0.340 e. The quantitative estimate of drug-likeness (QED) is 0.112. The molecule has 1 aliphatic carbocycles. The molecule has 0 radical (unpaired) electrons. The molecule has 1 aliphatic rings. The van der Waals surface area contributed by atoms with Crippen molar-refractivity contribution in [2.75, 3.05) is 23.3 Å². The maximum absolute atomic E-state index is 13.5. The van der Waals surface area contributed by atoms with Crippen LogP contribution >= 0.6 is 0 Å². The number of amides is 1. The molecule has 0 spiro atoms. The maximum Gasteiger partial charge on any atom is 0.229 e. The van der Waals surface area contributed by atoms with Gasteiger partial charge in [0.15, 0.2) is 5.82 Å². The lowest BCUT2D eigenvalue weighted by Crippen LogP contribution is -2.39. The van der Waals surface area contributed by atoms with Gasteiger partial charge in [-0.3, -0.25) is 4.79 Å². The van der Waals surface area contributed by atoms with Gasteiger partial charge in [0.2, 0.25) is 11.9 Å². The molecule has 274 valence electrons. The van der Waals surface area contributed by atoms with Gasteiger partial charge >= 0.3 is 0 Å². The number of nitrogens with zero attached hydrogens (tertiary/aromatic N) is 7. The molecule has 1 saturated carbocycles. The van der Waals surface area contributed by atoms with Crippen molar-refractivity contribution in [2.24, 2.45) is 5.92 Å². The van der Waals surface area contributed by atoms with Gasteiger partial charge in [-0.15, -0.1) is 5.10 Å². The number of tetrazole rings is 1. The van der Waals surface area contributed by atoms with Crippen LogP contribution in [0.5, 0.6) is 0 Å². The van der Waals surface area contributed by atoms with Crippen molar-refractivity contribution in [1.82, 2.24) is 30.2 Å². The van der Waals surface area contributed by atoms with Crippen LogP contribution in [0.25, 0.3) is 22.6 Å². The number of carbonyl (C=O) groups is 1. The van der Waals surface area contributed by atoms with Crippen LogP contribution in [0.1, 0.15) is 54.0 Å². The van der Waals surface area contributed by atoms with Gasteiger partial charge in [-0.2, -0.15) is 4.98 Å². The van der Waals surface area contributed by atoms with Gasteiger partial charge in [0.25, 0.3) is 0 Å². The van der Waals surface area contributed by atoms with Crippen LogP contribution in [0.15, 0.2) is 146 Å². The molecule has 0 aliphatic heterocycles. The summed E-state index contributed by atoms with van der Waals surface area (Å²) in [5.41, 5.74) is 6.48. The molecule has 8 rings (SSSR count). The second-order valence-electron chi connectivity index (χ2n) is 14.3. The van der Waals surface area contributed by atoms with E-state index in [1.807, 2.05) is 84.4 Å². The summed E-state index contributed by atoms with van der Waals surface area (Å²) in [7, 11) is 0. The molecule has 0 bridgehead atoms. The van der Waals surface area contributed by atoms with Gasteiger partial charge in [0, 0.05) is 30.3 Å². The van der Waals surface area contributed by atoms with Crippen LogP contribution in [-0.4, -0.2) is 49.2 Å². The van der Waals surface area contributed by atoms with E-state index in [4.69, 9.17) is 20.3 Å². The Morgan fingerprint density at radius 2 is 1.35 bits per heavy atom. The van der Waals surface area contributed by atoms with E-state index in [0.717, 1.165) is 58.5 Å². The number of hydrogen-bond donors (Lipinski definition) is 1. The molecule has 1 N–H and O–H groups in total. The number of nitrogens with one attached hydrogen (secondary N) is 1. The number of carbonyl (C=O) groups excluding carboxylic acids is 1. The summed E-state index contributed by atoms with van der Waals surface area (Å²) in [6, 6.07) is 49.1. The van der Waals surface area contributed by atoms with Gasteiger partial charge < -0.3 is 10.2 Å². The fourth-order valence-electron chi connectivity index (χ4n) is 7.40. The lowest BCUT2D eigenvalue weighted by Gasteiger charge is -2.36. The van der Waals surface area contributed by atoms with E-state index in [-0.39, 0.29) is 12.3 Å². The van der Waals surface area contributed by atoms with Crippen molar-refractivity contribution < 1.29 is 4.79 Å². The number of aromatic nitrogens is 6. The summed E-state index contributed by atoms with van der Waals surface area (Å²) in [5.74, 6) is 2.10. The monoisotopic (exact) mass is 724 g/mol. The van der Waals surface area contributed by atoms with Crippen molar-refractivity contribution in [2.45, 2.75) is 45.1 Å². The minimum absolute atomic E-state index is 0.140. The zero-order valence-corrected chi connectivity index (χ0v) is 31.2. The Hall–Kier alpha value is -6.48. The molecule has 0 atom stereocenters. The molecule has 0 unspecified atom stereocenters. The van der Waals surface area contributed by atoms with Crippen LogP contribution in [0.3, 0.4) is 0 Å². The van der Waals surface area contributed by atoms with Crippen LogP contribution in [0, 0.1) is 12.8 Å². The molecule has 7 aromatic rings. The third kappa shape index (κ3) is 7.51. The molecule has 9 nitrogen and oxygen atoms in total. The fraction of sp³-hybridized carbons (Fsp3) is 0.217. The topological polar surface area (TPSA) is 102 Å². The number of aryl methyl sites for hydroxylation is 1. The van der Waals surface area contributed by atoms with Gasteiger partial charge in [-0.1, -0.05) is 152 Å². The zero-order chi connectivity index (χ0) is 37.6. The highest BCUT2D eigenvalue weighted by atomic mass is 16.1. The first kappa shape index (κ1) is 35.5. The highest BCUT2D eigenvalue weighted by molar-refractivity contribution is 5.92. The van der Waals surface area contributed by atoms with E-state index < -0.39 is 5.54 Å². The first-order chi connectivity index (χ1) is 27.0. The SMILES string of the molecule is CCCN(CC1CC1)c1nc(NC(=O)Cc2ccc(C)cc2)cc(-c2ccccc2-c2nnnn2C(c2ccccc2)(c2ccccc2)c2ccccc2)n1. The first-order valence-electron chi connectivity index (χ1n) is 19.1. The van der Waals surface area contributed by atoms with Crippen LogP contribution in [-0.2, 0) is 16.8 Å². The first-order valence-corrected chi connectivity index (χ1v) is 19.1. The van der Waals surface area contributed by atoms with Gasteiger partial charge in [0.05, 0.1) is 12.1 Å². The van der Waals surface area contributed by atoms with Crippen LogP contribution < -0.4 is 10.2 Å². The predicted molar refractivity (Wildman–Crippen MR) is 218 cm³/mol. The Labute approximate surface area is 322 Å². The molecular weight excluding hydrogens is 681 g/mol. The van der Waals surface area contributed by atoms with Crippen molar-refractivity contribution in [3.05, 3.63) is 173 Å². The van der Waals surface area contributed by atoms with Gasteiger partial charge in [-0.25, -0.2) is 9.67 Å². The lowest BCUT2D eigenvalue weighted by atomic mass is 9.77. The molecule has 1 fully saturated rings. The Morgan fingerprint density at radius 3 is 1.93 bits per heavy atom. The van der Waals surface area contributed by atoms with Crippen LogP contribution in [0.4, 0.5) is 11.8 Å². The molecule has 2 aromatic heterocycles. The van der Waals surface area contributed by atoms with E-state index >= 15 is 0 Å². The summed E-state index contributed by atoms with van der Waals surface area (Å²) in [6.45, 7) is 5.90. The highest BCUT2D eigenvalue weighted by Gasteiger charge is 2.42. The number of hydrogen-bond acceptors (Lipinski definition) is 7. The lowest BCUT2D eigenvalue weighted by molar-refractivity contribution is -0.115. The Balaban J connectivity index is 1.28. The number of anilines is 2. The average molecular weight is 725 g/mol. The number of rotatable bonds is 14. The standard InChI is InChI=1S/C46H44N8O/c1-3-29-53(32-35-27-28-35)45-47-41(31-42(49-45)48-43(55)30-34-25-23-33(2)24-26-34)39-21-13-14-22-40(39)44-50-51-52-54(44)46(36-15-7-4-8-16-36,37-17-9-5-10-18-37)38-19-11-6-12-20-38/h4-26,31,35H,3,27-30,32H2,1-2H3,(H,47,48,49,55). The van der Waals surface area contributed by atoms with Crippen molar-refractivity contribution >= 4 is 17.7 Å². The second kappa shape index (κ2) is 15.9. The molecule has 1 amide bonds. The summed E-state index contributed by atoms with van der Waals surface area (Å²) >= 11 is 0. The van der Waals surface area contributed by atoms with Crippen molar-refractivity contribution in [3.8, 4) is 22.6 Å². The largest absolute Gasteiger partial charge is 0.340 e. The smallest absolute Gasteiger partial charge is 0.229 e. The highest BCUT2D eigenvalue weighted by Crippen LogP contribution is 2.43. The molecule has 0 saturated heterocycles. The van der Waals surface area contributed by atoms with E-state index in [0.29, 0.717) is 29.2 Å². The summed E-state index contributed by atoms with van der Waals surface area (Å²) in [5, 5.41) is 17.0. The Bertz CT molecular complexity index is 2260. The molecule has 2 heterocycles. The van der Waals surface area contributed by atoms with E-state index in [9.17, 15) is 4.79 Å². The summed E-state index contributed by atoms with van der Waals surface area (Å²) in [6.07, 6.45) is 3.60. The molecule has 55 heavy (non-hydrogen) atoms. The van der Waals surface area contributed by atoms with E-state index in [1.165, 1.54) is 12.8 Å². The maximum atomic E-state index is 13.5. The van der Waals surface area contributed by atoms with Gasteiger partial charge in [-0.05, 0) is 64.8 Å². The second-order valence-corrected chi connectivity index (χ2v) is 14.3. The Morgan fingerprint density at radius 1 is 0.764 bits per heavy atom. The van der Waals surface area contributed by atoms with Crippen LogP contribution in [0.2, 0.25) is 0 Å². The van der Waals surface area contributed by atoms with Crippen molar-refractivity contribution in [3.63, 3.8) is 0 Å². The molecule has 5 aromatic carbocycles. The van der Waals surface area contributed by atoms with Crippen molar-refractivity contribution in [1.29, 1.82) is 0 Å². The van der Waals surface area contributed by atoms with Gasteiger partial charge in [0.1, 0.15) is 11.4 Å². The third-order valence-electron chi connectivity index (χ3n) is 10.2. The predicted octanol–water partition coefficient (Wildman–Crippen LogP) is 8.75. The zero-order valence-electron chi connectivity index (χ0n) is 31.2. The van der Waals surface area contributed by atoms with E-state index in [1.54, 1.807) is 0 Å². The molecular formula is C46H44N8O. The Kier molecular flexibility index (Phi) is 10.3. The summed E-state index contributed by atoms with van der Waals surface area (Å²) < 4.78 is 1.94.